The molecule has 0 spiro atoms. The van der Waals surface area contributed by atoms with Gasteiger partial charge in [-0.3, -0.25) is 0 Å². The molecule has 84 valence electrons. The summed E-state index contributed by atoms with van der Waals surface area (Å²) in [4.78, 5) is 0. The molecule has 0 aliphatic carbocycles. The topological polar surface area (TPSA) is 26.0 Å². The molecule has 1 nitrogen and oxygen atoms in total. The van der Waals surface area contributed by atoms with Crippen LogP contribution in [0.3, 0.4) is 0 Å². The van der Waals surface area contributed by atoms with Crippen molar-refractivity contribution in [3.8, 4) is 0 Å². The van der Waals surface area contributed by atoms with Gasteiger partial charge in [-0.15, -0.1) is 0 Å². The minimum Gasteiger partial charge on any atom is -0.330 e. The zero-order valence-corrected chi connectivity index (χ0v) is 10.2. The Kier molecular flexibility index (Phi) is 4.83. The standard InChI is InChI=1S/C14H23N/c1-4-13(6-5-9-15)14-8-7-11(2)12(3)10-14/h7-8,10,13H,4-6,9,15H2,1-3H3. The van der Waals surface area contributed by atoms with Crippen molar-refractivity contribution >= 4 is 0 Å². The van der Waals surface area contributed by atoms with Gasteiger partial charge in [0.05, 0.1) is 0 Å². The van der Waals surface area contributed by atoms with Crippen LogP contribution in [0.1, 0.15) is 48.8 Å². The summed E-state index contributed by atoms with van der Waals surface area (Å²) < 4.78 is 0. The fourth-order valence-corrected chi connectivity index (χ4v) is 1.99. The monoisotopic (exact) mass is 205 g/mol. The van der Waals surface area contributed by atoms with Gasteiger partial charge in [-0.25, -0.2) is 0 Å². The lowest BCUT2D eigenvalue weighted by Crippen LogP contribution is -2.04. The second-order valence-electron chi connectivity index (χ2n) is 4.38. The predicted molar refractivity (Wildman–Crippen MR) is 67.2 cm³/mol. The van der Waals surface area contributed by atoms with Crippen molar-refractivity contribution in [2.45, 2.75) is 46.0 Å². The van der Waals surface area contributed by atoms with E-state index in [-0.39, 0.29) is 0 Å². The average molecular weight is 205 g/mol. The van der Waals surface area contributed by atoms with Crippen LogP contribution in [0.15, 0.2) is 18.2 Å². The molecule has 0 saturated carbocycles. The highest BCUT2D eigenvalue weighted by molar-refractivity contribution is 5.31. The number of nitrogens with two attached hydrogens (primary N) is 1. The van der Waals surface area contributed by atoms with Crippen LogP contribution in [0.2, 0.25) is 0 Å². The summed E-state index contributed by atoms with van der Waals surface area (Å²) in [6, 6.07) is 6.84. The molecule has 15 heavy (non-hydrogen) atoms. The Balaban J connectivity index is 2.78. The molecule has 1 atom stereocenters. The average Bonchev–Trinajstić information content (AvgIpc) is 2.24. The Morgan fingerprint density at radius 2 is 1.93 bits per heavy atom. The van der Waals surface area contributed by atoms with Crippen LogP contribution in [0, 0.1) is 13.8 Å². The molecule has 2 N–H and O–H groups in total. The maximum atomic E-state index is 5.56. The third-order valence-electron chi connectivity index (χ3n) is 3.25. The van der Waals surface area contributed by atoms with Gasteiger partial charge in [-0.1, -0.05) is 25.1 Å². The molecule has 0 amide bonds. The third-order valence-corrected chi connectivity index (χ3v) is 3.25. The molecule has 0 aliphatic heterocycles. The second-order valence-corrected chi connectivity index (χ2v) is 4.38. The fourth-order valence-electron chi connectivity index (χ4n) is 1.99. The minimum absolute atomic E-state index is 0.688. The van der Waals surface area contributed by atoms with Crippen molar-refractivity contribution in [2.24, 2.45) is 5.73 Å². The summed E-state index contributed by atoms with van der Waals surface area (Å²) >= 11 is 0. The van der Waals surface area contributed by atoms with Crippen LogP contribution in [0.25, 0.3) is 0 Å². The van der Waals surface area contributed by atoms with Crippen molar-refractivity contribution in [3.63, 3.8) is 0 Å². The second kappa shape index (κ2) is 5.92. The fraction of sp³-hybridized carbons (Fsp3) is 0.571. The zero-order valence-electron chi connectivity index (χ0n) is 10.2. The summed E-state index contributed by atoms with van der Waals surface area (Å²) in [6.45, 7) is 7.42. The number of benzene rings is 1. The van der Waals surface area contributed by atoms with Crippen molar-refractivity contribution in [2.75, 3.05) is 6.54 Å². The van der Waals surface area contributed by atoms with Crippen molar-refractivity contribution < 1.29 is 0 Å². The van der Waals surface area contributed by atoms with Crippen LogP contribution < -0.4 is 5.73 Å². The normalized spacial score (nSPS) is 12.8. The zero-order chi connectivity index (χ0) is 11.3. The first-order valence-corrected chi connectivity index (χ1v) is 5.96. The highest BCUT2D eigenvalue weighted by atomic mass is 14.5. The van der Waals surface area contributed by atoms with E-state index in [1.165, 1.54) is 29.5 Å². The Bertz CT molecular complexity index is 304. The van der Waals surface area contributed by atoms with E-state index in [4.69, 9.17) is 5.73 Å². The van der Waals surface area contributed by atoms with E-state index >= 15 is 0 Å². The lowest BCUT2D eigenvalue weighted by Gasteiger charge is -2.16. The minimum atomic E-state index is 0.688. The van der Waals surface area contributed by atoms with Gasteiger partial charge >= 0.3 is 0 Å². The Morgan fingerprint density at radius 3 is 2.47 bits per heavy atom. The Labute approximate surface area is 93.7 Å². The summed E-state index contributed by atoms with van der Waals surface area (Å²) in [7, 11) is 0. The van der Waals surface area contributed by atoms with Gasteiger partial charge in [0.15, 0.2) is 0 Å². The number of hydrogen-bond acceptors (Lipinski definition) is 1. The summed E-state index contributed by atoms with van der Waals surface area (Å²) in [5.41, 5.74) is 9.83. The predicted octanol–water partition coefficient (Wildman–Crippen LogP) is 3.54. The van der Waals surface area contributed by atoms with Gasteiger partial charge in [-0.2, -0.15) is 0 Å². The third kappa shape index (κ3) is 3.35. The lowest BCUT2D eigenvalue weighted by atomic mass is 9.90. The first-order valence-electron chi connectivity index (χ1n) is 5.96. The van der Waals surface area contributed by atoms with E-state index in [1.54, 1.807) is 0 Å². The quantitative estimate of drug-likeness (QED) is 0.781. The number of rotatable bonds is 5. The van der Waals surface area contributed by atoms with Gasteiger partial charge in [0.2, 0.25) is 0 Å². The highest BCUT2D eigenvalue weighted by Gasteiger charge is 2.09. The summed E-state index contributed by atoms with van der Waals surface area (Å²) in [5, 5.41) is 0. The molecule has 0 aromatic heterocycles. The summed E-state index contributed by atoms with van der Waals surface area (Å²) in [5.74, 6) is 0.688. The van der Waals surface area contributed by atoms with Crippen LogP contribution in [0.4, 0.5) is 0 Å². The first kappa shape index (κ1) is 12.3. The largest absolute Gasteiger partial charge is 0.330 e. The van der Waals surface area contributed by atoms with Crippen molar-refractivity contribution in [1.29, 1.82) is 0 Å². The number of hydrogen-bond donors (Lipinski definition) is 1. The molecule has 1 aromatic carbocycles. The van der Waals surface area contributed by atoms with Gasteiger partial charge < -0.3 is 5.73 Å². The Morgan fingerprint density at radius 1 is 1.20 bits per heavy atom. The van der Waals surface area contributed by atoms with Crippen LogP contribution in [0.5, 0.6) is 0 Å². The van der Waals surface area contributed by atoms with E-state index in [0.29, 0.717) is 5.92 Å². The molecule has 0 heterocycles. The molecule has 0 aliphatic rings. The summed E-state index contributed by atoms with van der Waals surface area (Å²) in [6.07, 6.45) is 3.56. The van der Waals surface area contributed by atoms with Crippen molar-refractivity contribution in [1.82, 2.24) is 0 Å². The maximum absolute atomic E-state index is 5.56. The molecular weight excluding hydrogens is 182 g/mol. The van der Waals surface area contributed by atoms with E-state index < -0.39 is 0 Å². The Hall–Kier alpha value is -0.820. The van der Waals surface area contributed by atoms with E-state index in [9.17, 15) is 0 Å². The van der Waals surface area contributed by atoms with E-state index in [0.717, 1.165) is 13.0 Å². The maximum Gasteiger partial charge on any atom is -0.00771 e. The van der Waals surface area contributed by atoms with E-state index in [2.05, 4.69) is 39.0 Å². The molecule has 0 saturated heterocycles. The van der Waals surface area contributed by atoms with Crippen LogP contribution in [-0.2, 0) is 0 Å². The molecule has 1 unspecified atom stereocenters. The molecule has 1 aromatic rings. The lowest BCUT2D eigenvalue weighted by molar-refractivity contribution is 0.580. The molecule has 0 bridgehead atoms. The van der Waals surface area contributed by atoms with Crippen LogP contribution in [-0.4, -0.2) is 6.54 Å². The van der Waals surface area contributed by atoms with Crippen LogP contribution >= 0.6 is 0 Å². The van der Waals surface area contributed by atoms with Gasteiger partial charge in [-0.05, 0) is 62.3 Å². The first-order chi connectivity index (χ1) is 7.19. The van der Waals surface area contributed by atoms with Crippen molar-refractivity contribution in [3.05, 3.63) is 34.9 Å². The van der Waals surface area contributed by atoms with Gasteiger partial charge in [0, 0.05) is 0 Å². The smallest absolute Gasteiger partial charge is 0.00771 e. The molecular formula is C14H23N. The molecule has 0 radical (unpaired) electrons. The molecule has 0 fully saturated rings. The molecule has 1 rings (SSSR count). The van der Waals surface area contributed by atoms with Gasteiger partial charge in [0.25, 0.3) is 0 Å². The highest BCUT2D eigenvalue weighted by Crippen LogP contribution is 2.26. The SMILES string of the molecule is CCC(CCCN)c1ccc(C)c(C)c1. The van der Waals surface area contributed by atoms with E-state index in [1.807, 2.05) is 0 Å². The van der Waals surface area contributed by atoms with Gasteiger partial charge in [0.1, 0.15) is 0 Å². The number of aryl methyl sites for hydroxylation is 2. The molecule has 1 heteroatoms.